The lowest BCUT2D eigenvalue weighted by Gasteiger charge is -2.16. The fourth-order valence-corrected chi connectivity index (χ4v) is 2.02. The third-order valence-electron chi connectivity index (χ3n) is 3.04. The van der Waals surface area contributed by atoms with Gasteiger partial charge in [-0.15, -0.1) is 0 Å². The molecule has 1 aliphatic rings. The molecule has 0 N–H and O–H groups in total. The molecule has 3 nitrogen and oxygen atoms in total. The van der Waals surface area contributed by atoms with E-state index in [-0.39, 0.29) is 5.97 Å². The summed E-state index contributed by atoms with van der Waals surface area (Å²) in [6.07, 6.45) is 1.71. The average molecular weight is 220 g/mol. The smallest absolute Gasteiger partial charge is 0.316 e. The van der Waals surface area contributed by atoms with Crippen molar-refractivity contribution in [2.45, 2.75) is 25.2 Å². The van der Waals surface area contributed by atoms with Crippen molar-refractivity contribution in [3.63, 3.8) is 0 Å². The van der Waals surface area contributed by atoms with Crippen molar-refractivity contribution in [3.05, 3.63) is 29.8 Å². The van der Waals surface area contributed by atoms with Crippen LogP contribution in [0.5, 0.6) is 5.75 Å². The maximum absolute atomic E-state index is 11.9. The molecule has 0 aromatic heterocycles. The van der Waals surface area contributed by atoms with Crippen LogP contribution in [0, 0.1) is 0 Å². The van der Waals surface area contributed by atoms with Crippen molar-refractivity contribution in [2.75, 3.05) is 13.7 Å². The topological polar surface area (TPSA) is 35.5 Å². The molecule has 0 saturated heterocycles. The van der Waals surface area contributed by atoms with Crippen LogP contribution in [0.1, 0.15) is 25.3 Å². The van der Waals surface area contributed by atoms with Gasteiger partial charge in [0, 0.05) is 5.56 Å². The number of carbonyl (C=O) groups excluding carboxylic acids is 1. The summed E-state index contributed by atoms with van der Waals surface area (Å²) < 4.78 is 10.4. The molecule has 0 bridgehead atoms. The first-order chi connectivity index (χ1) is 7.74. The van der Waals surface area contributed by atoms with E-state index in [1.54, 1.807) is 7.11 Å². The minimum atomic E-state index is -0.442. The van der Waals surface area contributed by atoms with Gasteiger partial charge in [0.1, 0.15) is 5.75 Å². The van der Waals surface area contributed by atoms with Crippen LogP contribution < -0.4 is 4.74 Å². The first-order valence-corrected chi connectivity index (χ1v) is 5.55. The molecule has 0 atom stereocenters. The molecular formula is C13H16O3. The second-order valence-electron chi connectivity index (χ2n) is 4.00. The first-order valence-electron chi connectivity index (χ1n) is 5.55. The Morgan fingerprint density at radius 2 is 2.06 bits per heavy atom. The summed E-state index contributed by atoms with van der Waals surface area (Å²) in [6.45, 7) is 2.26. The zero-order valence-electron chi connectivity index (χ0n) is 9.66. The zero-order chi connectivity index (χ0) is 11.6. The molecule has 1 aromatic carbocycles. The number of hydrogen-bond acceptors (Lipinski definition) is 3. The minimum absolute atomic E-state index is 0.125. The first kappa shape index (κ1) is 11.0. The number of esters is 1. The Hall–Kier alpha value is -1.51. The Morgan fingerprint density at radius 3 is 2.62 bits per heavy atom. The third kappa shape index (κ3) is 1.66. The third-order valence-corrected chi connectivity index (χ3v) is 3.04. The number of para-hydroxylation sites is 1. The monoisotopic (exact) mass is 220 g/mol. The lowest BCUT2D eigenvalue weighted by molar-refractivity contribution is -0.146. The van der Waals surface area contributed by atoms with Gasteiger partial charge < -0.3 is 9.47 Å². The van der Waals surface area contributed by atoms with Crippen LogP contribution in [-0.2, 0) is 14.9 Å². The van der Waals surface area contributed by atoms with Crippen LogP contribution in [-0.4, -0.2) is 19.7 Å². The molecule has 0 spiro atoms. The van der Waals surface area contributed by atoms with Gasteiger partial charge in [0.05, 0.1) is 19.1 Å². The fraction of sp³-hybridized carbons (Fsp3) is 0.462. The van der Waals surface area contributed by atoms with Crippen LogP contribution >= 0.6 is 0 Å². The summed E-state index contributed by atoms with van der Waals surface area (Å²) in [5.74, 6) is 0.646. The van der Waals surface area contributed by atoms with Crippen LogP contribution in [0.3, 0.4) is 0 Å². The molecule has 86 valence electrons. The highest BCUT2D eigenvalue weighted by Crippen LogP contribution is 2.52. The normalized spacial score (nSPS) is 16.6. The molecule has 0 aliphatic heterocycles. The van der Waals surface area contributed by atoms with E-state index in [2.05, 4.69) is 0 Å². The van der Waals surface area contributed by atoms with Gasteiger partial charge in [-0.2, -0.15) is 0 Å². The number of rotatable bonds is 4. The SMILES string of the molecule is CCOC(=O)C1(c2ccccc2OC)CC1. The van der Waals surface area contributed by atoms with E-state index in [1.807, 2.05) is 31.2 Å². The van der Waals surface area contributed by atoms with E-state index >= 15 is 0 Å². The van der Waals surface area contributed by atoms with Crippen molar-refractivity contribution >= 4 is 5.97 Å². The van der Waals surface area contributed by atoms with Crippen molar-refractivity contribution in [1.82, 2.24) is 0 Å². The standard InChI is InChI=1S/C13H16O3/c1-3-16-12(14)13(8-9-13)10-6-4-5-7-11(10)15-2/h4-7H,3,8-9H2,1-2H3. The highest BCUT2D eigenvalue weighted by atomic mass is 16.5. The van der Waals surface area contributed by atoms with Crippen LogP contribution in [0.15, 0.2) is 24.3 Å². The molecule has 0 amide bonds. The molecule has 1 aliphatic carbocycles. The number of benzene rings is 1. The van der Waals surface area contributed by atoms with Crippen molar-refractivity contribution in [1.29, 1.82) is 0 Å². The van der Waals surface area contributed by atoms with E-state index in [0.29, 0.717) is 6.61 Å². The Kier molecular flexibility index (Phi) is 2.86. The molecule has 2 rings (SSSR count). The van der Waals surface area contributed by atoms with E-state index in [1.165, 1.54) is 0 Å². The van der Waals surface area contributed by atoms with E-state index < -0.39 is 5.41 Å². The van der Waals surface area contributed by atoms with Crippen molar-refractivity contribution < 1.29 is 14.3 Å². The molecule has 1 saturated carbocycles. The maximum atomic E-state index is 11.9. The van der Waals surface area contributed by atoms with Crippen molar-refractivity contribution in [2.24, 2.45) is 0 Å². The predicted molar refractivity (Wildman–Crippen MR) is 60.5 cm³/mol. The van der Waals surface area contributed by atoms with Gasteiger partial charge in [0.15, 0.2) is 0 Å². The number of methoxy groups -OCH3 is 1. The summed E-state index contributed by atoms with van der Waals surface area (Å²) >= 11 is 0. The lowest BCUT2D eigenvalue weighted by Crippen LogP contribution is -2.23. The van der Waals surface area contributed by atoms with Gasteiger partial charge in [0.2, 0.25) is 0 Å². The van der Waals surface area contributed by atoms with Gasteiger partial charge in [-0.3, -0.25) is 4.79 Å². The Labute approximate surface area is 95.4 Å². The van der Waals surface area contributed by atoms with E-state index in [9.17, 15) is 4.79 Å². The maximum Gasteiger partial charge on any atom is 0.316 e. The van der Waals surface area contributed by atoms with Crippen LogP contribution in [0.25, 0.3) is 0 Å². The fourth-order valence-electron chi connectivity index (χ4n) is 2.02. The van der Waals surface area contributed by atoms with Gasteiger partial charge in [-0.1, -0.05) is 18.2 Å². The highest BCUT2D eigenvalue weighted by molar-refractivity contribution is 5.87. The molecule has 0 heterocycles. The summed E-state index contributed by atoms with van der Waals surface area (Å²) in [5, 5.41) is 0. The van der Waals surface area contributed by atoms with Gasteiger partial charge in [-0.25, -0.2) is 0 Å². The highest BCUT2D eigenvalue weighted by Gasteiger charge is 2.54. The predicted octanol–water partition coefficient (Wildman–Crippen LogP) is 2.29. The Balaban J connectivity index is 2.33. The molecule has 1 aromatic rings. The number of hydrogen-bond donors (Lipinski definition) is 0. The molecule has 0 unspecified atom stereocenters. The quantitative estimate of drug-likeness (QED) is 0.730. The summed E-state index contributed by atoms with van der Waals surface area (Å²) in [6, 6.07) is 7.66. The van der Waals surface area contributed by atoms with Crippen LogP contribution in [0.4, 0.5) is 0 Å². The zero-order valence-corrected chi connectivity index (χ0v) is 9.66. The second-order valence-corrected chi connectivity index (χ2v) is 4.00. The van der Waals surface area contributed by atoms with Gasteiger partial charge >= 0.3 is 5.97 Å². The molecule has 0 radical (unpaired) electrons. The van der Waals surface area contributed by atoms with Gasteiger partial charge in [0.25, 0.3) is 0 Å². The molecule has 16 heavy (non-hydrogen) atoms. The van der Waals surface area contributed by atoms with Crippen LogP contribution in [0.2, 0.25) is 0 Å². The van der Waals surface area contributed by atoms with Gasteiger partial charge in [-0.05, 0) is 25.8 Å². The van der Waals surface area contributed by atoms with E-state index in [4.69, 9.17) is 9.47 Å². The lowest BCUT2D eigenvalue weighted by atomic mass is 9.95. The van der Waals surface area contributed by atoms with E-state index in [0.717, 1.165) is 24.2 Å². The summed E-state index contributed by atoms with van der Waals surface area (Å²) in [5.41, 5.74) is 0.513. The summed E-state index contributed by atoms with van der Waals surface area (Å²) in [7, 11) is 1.63. The van der Waals surface area contributed by atoms with Crippen molar-refractivity contribution in [3.8, 4) is 5.75 Å². The summed E-state index contributed by atoms with van der Waals surface area (Å²) in [4.78, 5) is 11.9. The molecule has 3 heteroatoms. The molecule has 1 fully saturated rings. The largest absolute Gasteiger partial charge is 0.496 e. The second kappa shape index (κ2) is 4.16. The molecular weight excluding hydrogens is 204 g/mol. The Bertz CT molecular complexity index is 394. The number of ether oxygens (including phenoxy) is 2. The Morgan fingerprint density at radius 1 is 1.38 bits per heavy atom. The minimum Gasteiger partial charge on any atom is -0.496 e. The average Bonchev–Trinajstić information content (AvgIpc) is 3.10. The number of carbonyl (C=O) groups is 1.